The summed E-state index contributed by atoms with van der Waals surface area (Å²) < 4.78 is 16.1. The van der Waals surface area contributed by atoms with Crippen LogP contribution < -0.4 is 10.1 Å². The van der Waals surface area contributed by atoms with Gasteiger partial charge in [-0.1, -0.05) is 6.07 Å². The average Bonchev–Trinajstić information content (AvgIpc) is 2.99. The zero-order valence-corrected chi connectivity index (χ0v) is 11.8. The summed E-state index contributed by atoms with van der Waals surface area (Å²) in [5.41, 5.74) is 0.589. The molecule has 1 aromatic rings. The van der Waals surface area contributed by atoms with E-state index in [-0.39, 0.29) is 12.0 Å². The van der Waals surface area contributed by atoms with Gasteiger partial charge >= 0.3 is 0 Å². The Morgan fingerprint density at radius 3 is 3.15 bits per heavy atom. The molecule has 20 heavy (non-hydrogen) atoms. The number of hydrogen-bond acceptors (Lipinski definition) is 4. The number of carbonyl (C=O) groups is 1. The molecule has 110 valence electrons. The van der Waals surface area contributed by atoms with E-state index in [0.29, 0.717) is 31.1 Å². The van der Waals surface area contributed by atoms with Gasteiger partial charge < -0.3 is 19.5 Å². The van der Waals surface area contributed by atoms with Crippen LogP contribution in [0.1, 0.15) is 23.2 Å². The van der Waals surface area contributed by atoms with E-state index in [1.54, 1.807) is 19.2 Å². The molecule has 1 unspecified atom stereocenters. The molecule has 1 N–H and O–H groups in total. The predicted octanol–water partition coefficient (Wildman–Crippen LogP) is 1.62. The fourth-order valence-electron chi connectivity index (χ4n) is 2.06. The molecule has 1 aliphatic heterocycles. The van der Waals surface area contributed by atoms with Crippen molar-refractivity contribution >= 4 is 5.91 Å². The van der Waals surface area contributed by atoms with Crippen molar-refractivity contribution in [3.63, 3.8) is 0 Å². The third-order valence-corrected chi connectivity index (χ3v) is 3.15. The molecule has 0 spiro atoms. The fraction of sp³-hybridized carbons (Fsp3) is 0.533. The summed E-state index contributed by atoms with van der Waals surface area (Å²) >= 11 is 0. The molecule has 5 heteroatoms. The van der Waals surface area contributed by atoms with E-state index in [1.807, 2.05) is 12.1 Å². The maximum Gasteiger partial charge on any atom is 0.251 e. The molecule has 5 nitrogen and oxygen atoms in total. The van der Waals surface area contributed by atoms with Crippen molar-refractivity contribution in [1.82, 2.24) is 5.32 Å². The highest BCUT2D eigenvalue weighted by molar-refractivity contribution is 5.94. The molecular formula is C15H21NO4. The van der Waals surface area contributed by atoms with Crippen LogP contribution in [0.25, 0.3) is 0 Å². The summed E-state index contributed by atoms with van der Waals surface area (Å²) in [5.74, 6) is 0.574. The van der Waals surface area contributed by atoms with Gasteiger partial charge in [-0.05, 0) is 31.0 Å². The molecular weight excluding hydrogens is 258 g/mol. The van der Waals surface area contributed by atoms with E-state index < -0.39 is 0 Å². The molecule has 1 amide bonds. The van der Waals surface area contributed by atoms with Gasteiger partial charge in [-0.25, -0.2) is 0 Å². The van der Waals surface area contributed by atoms with Gasteiger partial charge in [0.05, 0.1) is 12.7 Å². The molecule has 1 heterocycles. The Labute approximate surface area is 119 Å². The smallest absolute Gasteiger partial charge is 0.251 e. The van der Waals surface area contributed by atoms with E-state index in [0.717, 1.165) is 19.4 Å². The standard InChI is InChI=1S/C15H21NO4/c1-18-9-7-16-15(17)12-4-2-5-13(10-12)20-11-14-6-3-8-19-14/h2,4-5,10,14H,3,6-9,11H2,1H3,(H,16,17). The Bertz CT molecular complexity index is 430. The summed E-state index contributed by atoms with van der Waals surface area (Å²) in [6.45, 7) is 2.35. The van der Waals surface area contributed by atoms with E-state index in [9.17, 15) is 4.79 Å². The van der Waals surface area contributed by atoms with Crippen molar-refractivity contribution in [2.45, 2.75) is 18.9 Å². The number of rotatable bonds is 7. The van der Waals surface area contributed by atoms with Gasteiger partial charge in [0.15, 0.2) is 0 Å². The molecule has 1 aromatic carbocycles. The topological polar surface area (TPSA) is 56.8 Å². The Kier molecular flexibility index (Phi) is 5.83. The fourth-order valence-corrected chi connectivity index (χ4v) is 2.06. The summed E-state index contributed by atoms with van der Waals surface area (Å²) in [5, 5.41) is 2.78. The minimum Gasteiger partial charge on any atom is -0.491 e. The number of methoxy groups -OCH3 is 1. The molecule has 1 saturated heterocycles. The lowest BCUT2D eigenvalue weighted by Gasteiger charge is -2.12. The van der Waals surface area contributed by atoms with Gasteiger partial charge in [-0.15, -0.1) is 0 Å². The minimum atomic E-state index is -0.121. The van der Waals surface area contributed by atoms with Gasteiger partial charge in [0.2, 0.25) is 0 Å². The van der Waals surface area contributed by atoms with Crippen LogP contribution in [0.5, 0.6) is 5.75 Å². The second kappa shape index (κ2) is 7.87. The molecule has 1 aliphatic rings. The highest BCUT2D eigenvalue weighted by atomic mass is 16.5. The highest BCUT2D eigenvalue weighted by Crippen LogP contribution is 2.17. The van der Waals surface area contributed by atoms with E-state index in [4.69, 9.17) is 14.2 Å². The molecule has 1 fully saturated rings. The van der Waals surface area contributed by atoms with Gasteiger partial charge in [0.1, 0.15) is 12.4 Å². The monoisotopic (exact) mass is 279 g/mol. The van der Waals surface area contributed by atoms with Gasteiger partial charge in [0, 0.05) is 25.8 Å². The van der Waals surface area contributed by atoms with Crippen LogP contribution in [0.2, 0.25) is 0 Å². The number of nitrogens with one attached hydrogen (secondary N) is 1. The number of ether oxygens (including phenoxy) is 3. The molecule has 0 bridgehead atoms. The van der Waals surface area contributed by atoms with Gasteiger partial charge in [-0.2, -0.15) is 0 Å². The summed E-state index contributed by atoms with van der Waals surface area (Å²) in [4.78, 5) is 11.9. The number of carbonyl (C=O) groups excluding carboxylic acids is 1. The van der Waals surface area contributed by atoms with Crippen molar-refractivity contribution < 1.29 is 19.0 Å². The van der Waals surface area contributed by atoms with Crippen LogP contribution in [0.4, 0.5) is 0 Å². The maximum atomic E-state index is 11.9. The van der Waals surface area contributed by atoms with Crippen LogP contribution in [0.3, 0.4) is 0 Å². The third-order valence-electron chi connectivity index (χ3n) is 3.15. The Balaban J connectivity index is 1.84. The van der Waals surface area contributed by atoms with Gasteiger partial charge in [-0.3, -0.25) is 4.79 Å². The normalized spacial score (nSPS) is 17.9. The van der Waals surface area contributed by atoms with E-state index in [2.05, 4.69) is 5.32 Å². The van der Waals surface area contributed by atoms with Crippen LogP contribution in [-0.4, -0.2) is 45.5 Å². The second-order valence-corrected chi connectivity index (χ2v) is 4.72. The molecule has 0 aromatic heterocycles. The van der Waals surface area contributed by atoms with Crippen LogP contribution in [0, 0.1) is 0 Å². The van der Waals surface area contributed by atoms with Crippen molar-refractivity contribution in [3.8, 4) is 5.75 Å². The van der Waals surface area contributed by atoms with Crippen molar-refractivity contribution in [3.05, 3.63) is 29.8 Å². The van der Waals surface area contributed by atoms with Gasteiger partial charge in [0.25, 0.3) is 5.91 Å². The van der Waals surface area contributed by atoms with Crippen molar-refractivity contribution in [2.24, 2.45) is 0 Å². The predicted molar refractivity (Wildman–Crippen MR) is 75.1 cm³/mol. The summed E-state index contributed by atoms with van der Waals surface area (Å²) in [6.07, 6.45) is 2.31. The first-order valence-electron chi connectivity index (χ1n) is 6.91. The van der Waals surface area contributed by atoms with Crippen LogP contribution in [-0.2, 0) is 9.47 Å². The first-order valence-corrected chi connectivity index (χ1v) is 6.91. The van der Waals surface area contributed by atoms with Crippen molar-refractivity contribution in [1.29, 1.82) is 0 Å². The Morgan fingerprint density at radius 1 is 1.50 bits per heavy atom. The molecule has 1 atom stereocenters. The van der Waals surface area contributed by atoms with Crippen molar-refractivity contribution in [2.75, 3.05) is 33.5 Å². The maximum absolute atomic E-state index is 11.9. The molecule has 2 rings (SSSR count). The second-order valence-electron chi connectivity index (χ2n) is 4.72. The SMILES string of the molecule is COCCNC(=O)c1cccc(OCC2CCCO2)c1. The number of benzene rings is 1. The third kappa shape index (κ3) is 4.51. The van der Waals surface area contributed by atoms with E-state index >= 15 is 0 Å². The first-order chi connectivity index (χ1) is 9.79. The van der Waals surface area contributed by atoms with E-state index in [1.165, 1.54) is 0 Å². The van der Waals surface area contributed by atoms with Crippen LogP contribution in [0.15, 0.2) is 24.3 Å². The first kappa shape index (κ1) is 14.8. The lowest BCUT2D eigenvalue weighted by atomic mass is 10.2. The average molecular weight is 279 g/mol. The summed E-state index contributed by atoms with van der Waals surface area (Å²) in [6, 6.07) is 7.18. The molecule has 0 radical (unpaired) electrons. The number of hydrogen-bond donors (Lipinski definition) is 1. The molecule has 0 aliphatic carbocycles. The lowest BCUT2D eigenvalue weighted by Crippen LogP contribution is -2.26. The summed E-state index contributed by atoms with van der Waals surface area (Å²) in [7, 11) is 1.60. The Morgan fingerprint density at radius 2 is 2.40 bits per heavy atom. The largest absolute Gasteiger partial charge is 0.491 e. The zero-order chi connectivity index (χ0) is 14.2. The zero-order valence-electron chi connectivity index (χ0n) is 11.8. The quantitative estimate of drug-likeness (QED) is 0.771. The number of amides is 1. The minimum absolute atomic E-state index is 0.121. The molecule has 0 saturated carbocycles. The van der Waals surface area contributed by atoms with Crippen LogP contribution >= 0.6 is 0 Å². The Hall–Kier alpha value is -1.59. The highest BCUT2D eigenvalue weighted by Gasteiger charge is 2.16. The lowest BCUT2D eigenvalue weighted by molar-refractivity contribution is 0.0679.